The Morgan fingerprint density at radius 3 is 2.62 bits per heavy atom. The van der Waals surface area contributed by atoms with Gasteiger partial charge in [-0.3, -0.25) is 4.98 Å². The maximum Gasteiger partial charge on any atom is 0.345 e. The summed E-state index contributed by atoms with van der Waals surface area (Å²) in [4.78, 5) is 16.5. The van der Waals surface area contributed by atoms with Crippen molar-refractivity contribution in [3.63, 3.8) is 0 Å². The highest BCUT2D eigenvalue weighted by molar-refractivity contribution is 5.83. The van der Waals surface area contributed by atoms with Crippen molar-refractivity contribution in [3.05, 3.63) is 59.1 Å². The number of hydrogen-bond donors (Lipinski definition) is 5. The van der Waals surface area contributed by atoms with E-state index in [1.165, 1.54) is 0 Å². The van der Waals surface area contributed by atoms with Crippen LogP contribution in [-0.2, 0) is 4.74 Å². The zero-order valence-corrected chi connectivity index (χ0v) is 15.2. The number of benzene rings is 1. The molecule has 29 heavy (non-hydrogen) atoms. The summed E-state index contributed by atoms with van der Waals surface area (Å²) in [6.45, 7) is -0.540. The predicted octanol–water partition coefficient (Wildman–Crippen LogP) is 0.0668. The largest absolute Gasteiger partial charge is 0.422 e. The normalized spacial score (nSPS) is 27.1. The van der Waals surface area contributed by atoms with Gasteiger partial charge in [0, 0.05) is 23.3 Å². The first-order valence-corrected chi connectivity index (χ1v) is 9.04. The summed E-state index contributed by atoms with van der Waals surface area (Å²) in [5.41, 5.74) is 1.03. The topological polar surface area (TPSA) is 145 Å². The van der Waals surface area contributed by atoms with Crippen LogP contribution in [-0.4, -0.2) is 62.7 Å². The average Bonchev–Trinajstić information content (AvgIpc) is 2.73. The zero-order valence-electron chi connectivity index (χ0n) is 15.2. The van der Waals surface area contributed by atoms with Crippen LogP contribution in [0, 0.1) is 0 Å². The predicted molar refractivity (Wildman–Crippen MR) is 103 cm³/mol. The van der Waals surface area contributed by atoms with E-state index in [9.17, 15) is 20.1 Å². The molecule has 1 fully saturated rings. The van der Waals surface area contributed by atoms with Crippen molar-refractivity contribution in [1.82, 2.24) is 4.98 Å². The summed E-state index contributed by atoms with van der Waals surface area (Å²) in [5.74, 6) is 0. The highest BCUT2D eigenvalue weighted by Gasteiger charge is 2.43. The number of aliphatic hydroxyl groups excluding tert-OH is 4. The molecule has 4 rings (SSSR count). The third-order valence-electron chi connectivity index (χ3n) is 4.91. The monoisotopic (exact) mass is 400 g/mol. The maximum absolute atomic E-state index is 12.4. The molecule has 1 aromatic carbocycles. The van der Waals surface area contributed by atoms with Gasteiger partial charge in [-0.1, -0.05) is 6.07 Å². The van der Waals surface area contributed by atoms with Crippen LogP contribution in [0.3, 0.4) is 0 Å². The van der Waals surface area contributed by atoms with Gasteiger partial charge in [-0.05, 0) is 30.3 Å². The van der Waals surface area contributed by atoms with E-state index in [1.807, 2.05) is 0 Å². The fourth-order valence-electron chi connectivity index (χ4n) is 3.35. The lowest BCUT2D eigenvalue weighted by molar-refractivity contribution is -0.245. The molecular weight excluding hydrogens is 380 g/mol. The minimum absolute atomic E-state index is 0.300. The lowest BCUT2D eigenvalue weighted by atomic mass is 9.97. The van der Waals surface area contributed by atoms with Crippen LogP contribution in [0.5, 0.6) is 0 Å². The third kappa shape index (κ3) is 3.74. The smallest absolute Gasteiger partial charge is 0.345 e. The minimum atomic E-state index is -1.46. The fraction of sp³-hybridized carbons (Fsp3) is 0.300. The number of aliphatic hydroxyl groups is 4. The Morgan fingerprint density at radius 1 is 1.07 bits per heavy atom. The molecule has 0 radical (unpaired) electrons. The molecule has 4 unspecified atom stereocenters. The number of nitrogens with zero attached hydrogens (tertiary/aromatic N) is 1. The van der Waals surface area contributed by atoms with Gasteiger partial charge in [-0.2, -0.15) is 0 Å². The first-order chi connectivity index (χ1) is 14.0. The first kappa shape index (κ1) is 19.5. The van der Waals surface area contributed by atoms with Gasteiger partial charge >= 0.3 is 5.63 Å². The molecule has 5 atom stereocenters. The van der Waals surface area contributed by atoms with Gasteiger partial charge in [0.15, 0.2) is 6.29 Å². The second-order valence-corrected chi connectivity index (χ2v) is 6.81. The number of nitrogens with one attached hydrogen (secondary N) is 1. The first-order valence-electron chi connectivity index (χ1n) is 9.04. The number of fused-ring (bicyclic) bond motifs is 1. The highest BCUT2D eigenvalue weighted by atomic mass is 16.6. The van der Waals surface area contributed by atoms with Gasteiger partial charge in [0.2, 0.25) is 0 Å². The molecule has 0 spiro atoms. The molecule has 0 amide bonds. The quantitative estimate of drug-likeness (QED) is 0.384. The molecule has 1 aliphatic rings. The van der Waals surface area contributed by atoms with Crippen LogP contribution in [0.2, 0.25) is 0 Å². The van der Waals surface area contributed by atoms with E-state index in [-0.39, 0.29) is 0 Å². The van der Waals surface area contributed by atoms with Crippen molar-refractivity contribution in [3.8, 4) is 11.3 Å². The summed E-state index contributed by atoms with van der Waals surface area (Å²) in [6.07, 6.45) is -3.72. The second kappa shape index (κ2) is 7.90. The van der Waals surface area contributed by atoms with Gasteiger partial charge < -0.3 is 34.9 Å². The molecule has 2 aromatic heterocycles. The summed E-state index contributed by atoms with van der Waals surface area (Å²) in [6, 6.07) is 10.8. The highest BCUT2D eigenvalue weighted by Crippen LogP contribution is 2.26. The Bertz CT molecular complexity index is 1060. The van der Waals surface area contributed by atoms with Gasteiger partial charge in [0.1, 0.15) is 29.9 Å². The number of anilines is 1. The number of hydrogen-bond acceptors (Lipinski definition) is 9. The molecule has 3 aromatic rings. The number of rotatable bonds is 4. The van der Waals surface area contributed by atoms with Crippen molar-refractivity contribution >= 4 is 16.7 Å². The van der Waals surface area contributed by atoms with Crippen LogP contribution >= 0.6 is 0 Å². The van der Waals surface area contributed by atoms with Crippen LogP contribution in [0.25, 0.3) is 22.2 Å². The van der Waals surface area contributed by atoms with E-state index in [2.05, 4.69) is 10.3 Å². The van der Waals surface area contributed by atoms with E-state index in [0.717, 1.165) is 0 Å². The van der Waals surface area contributed by atoms with E-state index >= 15 is 0 Å². The van der Waals surface area contributed by atoms with E-state index in [4.69, 9.17) is 14.3 Å². The molecule has 0 aliphatic carbocycles. The third-order valence-corrected chi connectivity index (χ3v) is 4.91. The zero-order chi connectivity index (χ0) is 20.5. The molecule has 5 N–H and O–H groups in total. The van der Waals surface area contributed by atoms with Gasteiger partial charge in [0.25, 0.3) is 0 Å². The number of ether oxygens (including phenoxy) is 1. The maximum atomic E-state index is 12.4. The average molecular weight is 400 g/mol. The Morgan fingerprint density at radius 2 is 1.90 bits per heavy atom. The summed E-state index contributed by atoms with van der Waals surface area (Å²) in [5, 5.41) is 43.0. The molecule has 9 heteroatoms. The molecule has 1 aliphatic heterocycles. The van der Waals surface area contributed by atoms with Gasteiger partial charge in [-0.25, -0.2) is 4.79 Å². The lowest BCUT2D eigenvalue weighted by Gasteiger charge is -2.40. The van der Waals surface area contributed by atoms with Crippen LogP contribution in [0.1, 0.15) is 0 Å². The minimum Gasteiger partial charge on any atom is -0.422 e. The summed E-state index contributed by atoms with van der Waals surface area (Å²) < 4.78 is 10.5. The Labute approximate surface area is 164 Å². The van der Waals surface area contributed by atoms with Crippen molar-refractivity contribution < 1.29 is 29.6 Å². The SMILES string of the molecule is O=c1oc2cc(NC3C(O)OC(CO)[C@@H](O)C3O)ccc2cc1-c1ccccn1. The van der Waals surface area contributed by atoms with Gasteiger partial charge in [-0.15, -0.1) is 0 Å². The standard InChI is InChI=1S/C20H20N2O7/c23-9-15-17(24)18(25)16(20(27)29-15)22-11-5-4-10-7-12(13-3-1-2-6-21-13)19(26)28-14(10)8-11/h1-8,15-18,20,22-25,27H,9H2/t15?,16?,17-,18?,20?/m1/s1. The Kier molecular flexibility index (Phi) is 5.31. The van der Waals surface area contributed by atoms with Crippen molar-refractivity contribution in [2.24, 2.45) is 0 Å². The van der Waals surface area contributed by atoms with Crippen molar-refractivity contribution in [1.29, 1.82) is 0 Å². The van der Waals surface area contributed by atoms with Crippen molar-refractivity contribution in [2.75, 3.05) is 11.9 Å². The molecule has 0 saturated carbocycles. The summed E-state index contributed by atoms with van der Waals surface area (Å²) in [7, 11) is 0. The number of pyridine rings is 1. The molecule has 0 bridgehead atoms. The van der Waals surface area contributed by atoms with Gasteiger partial charge in [0.05, 0.1) is 17.9 Å². The van der Waals surface area contributed by atoms with E-state index in [1.54, 1.807) is 48.7 Å². The number of aromatic nitrogens is 1. The van der Waals surface area contributed by atoms with E-state index < -0.39 is 42.9 Å². The Hall–Kier alpha value is -2.82. The van der Waals surface area contributed by atoms with Crippen LogP contribution in [0.15, 0.2) is 57.9 Å². The summed E-state index contributed by atoms with van der Waals surface area (Å²) >= 11 is 0. The molecule has 9 nitrogen and oxygen atoms in total. The molecule has 3 heterocycles. The van der Waals surface area contributed by atoms with Crippen LogP contribution < -0.4 is 10.9 Å². The molecular formula is C20H20N2O7. The molecule has 152 valence electrons. The van der Waals surface area contributed by atoms with E-state index in [0.29, 0.717) is 27.9 Å². The second-order valence-electron chi connectivity index (χ2n) is 6.81. The van der Waals surface area contributed by atoms with Crippen LogP contribution in [0.4, 0.5) is 5.69 Å². The fourth-order valence-corrected chi connectivity index (χ4v) is 3.35. The van der Waals surface area contributed by atoms with Crippen molar-refractivity contribution in [2.45, 2.75) is 30.6 Å². The Balaban J connectivity index is 1.62. The lowest BCUT2D eigenvalue weighted by Crippen LogP contribution is -2.61. The molecule has 1 saturated heterocycles.